The topological polar surface area (TPSA) is 95.9 Å². The fourth-order valence-electron chi connectivity index (χ4n) is 5.72. The molecule has 1 aliphatic carbocycles. The van der Waals surface area contributed by atoms with Crippen molar-refractivity contribution in [3.8, 4) is 5.75 Å². The van der Waals surface area contributed by atoms with Gasteiger partial charge in [0.15, 0.2) is 0 Å². The van der Waals surface area contributed by atoms with Crippen LogP contribution in [0, 0.1) is 17.8 Å². The maximum Gasteiger partial charge on any atom is 0.264 e. The molecule has 2 bridgehead atoms. The predicted molar refractivity (Wildman–Crippen MR) is 149 cm³/mol. The number of carbonyl (C=O) groups is 1. The number of aliphatic hydroxyl groups is 1. The number of fused-ring (bicyclic) bond motifs is 3. The van der Waals surface area contributed by atoms with Gasteiger partial charge in [-0.25, -0.2) is 13.1 Å². The van der Waals surface area contributed by atoms with Gasteiger partial charge >= 0.3 is 0 Å². The number of rotatable bonds is 0. The minimum atomic E-state index is -3.87. The zero-order valence-electron chi connectivity index (χ0n) is 21.6. The monoisotopic (exact) mass is 558 g/mol. The van der Waals surface area contributed by atoms with Crippen molar-refractivity contribution in [2.45, 2.75) is 51.7 Å². The molecule has 38 heavy (non-hydrogen) atoms. The third-order valence-corrected chi connectivity index (χ3v) is 9.67. The number of halogens is 1. The number of allylic oxidation sites excluding steroid dienone is 1. The van der Waals surface area contributed by atoms with Crippen LogP contribution in [0.25, 0.3) is 0 Å². The average molecular weight is 559 g/mol. The molecule has 2 heterocycles. The highest BCUT2D eigenvalue weighted by molar-refractivity contribution is 7.90. The third kappa shape index (κ3) is 6.19. The van der Waals surface area contributed by atoms with Crippen LogP contribution in [0.4, 0.5) is 5.69 Å². The standard InChI is InChI=1S/C29H35ClN2O5S/c1-19-5-11-27(33)25-10-7-22(25)16-32-13-3-2-4-20-14-24(30)9-6-23(20)17-37-28-12-8-21(15-26(28)32)29(34)31-38(35,36)18-19/h5-6,8-9,11-12,14-15,19,22,25,27,33H,2-4,7,10,13,16-18H2,1H3,(H,31,34)/b11-5+/t19-,22-,25+,27-/m0/s1. The minimum absolute atomic E-state index is 0.108. The summed E-state index contributed by atoms with van der Waals surface area (Å²) >= 11 is 6.27. The number of benzene rings is 2. The molecule has 2 aromatic carbocycles. The number of carbonyl (C=O) groups excluding carboxylic acids is 1. The summed E-state index contributed by atoms with van der Waals surface area (Å²) < 4.78 is 34.0. The second kappa shape index (κ2) is 11.3. The highest BCUT2D eigenvalue weighted by atomic mass is 35.5. The van der Waals surface area contributed by atoms with Gasteiger partial charge in [-0.2, -0.15) is 0 Å². The number of nitrogens with zero attached hydrogens (tertiary/aromatic N) is 1. The lowest BCUT2D eigenvalue weighted by Crippen LogP contribution is -2.43. The summed E-state index contributed by atoms with van der Waals surface area (Å²) in [6.45, 7) is 3.61. The fourth-order valence-corrected chi connectivity index (χ4v) is 7.21. The van der Waals surface area contributed by atoms with Crippen LogP contribution in [-0.2, 0) is 23.1 Å². The van der Waals surface area contributed by atoms with E-state index in [1.807, 2.05) is 18.2 Å². The van der Waals surface area contributed by atoms with Crippen molar-refractivity contribution in [3.05, 3.63) is 70.3 Å². The molecule has 5 rings (SSSR count). The maximum absolute atomic E-state index is 13.0. The summed E-state index contributed by atoms with van der Waals surface area (Å²) in [4.78, 5) is 15.3. The lowest BCUT2D eigenvalue weighted by atomic mass is 9.70. The highest BCUT2D eigenvalue weighted by Gasteiger charge is 2.37. The molecule has 4 atom stereocenters. The Morgan fingerprint density at radius 3 is 2.71 bits per heavy atom. The van der Waals surface area contributed by atoms with E-state index >= 15 is 0 Å². The number of aryl methyl sites for hydroxylation is 1. The van der Waals surface area contributed by atoms with Gasteiger partial charge in [-0.05, 0) is 91.3 Å². The maximum atomic E-state index is 13.0. The number of hydrogen-bond donors (Lipinski definition) is 2. The van der Waals surface area contributed by atoms with Crippen LogP contribution < -0.4 is 14.4 Å². The molecule has 7 nitrogen and oxygen atoms in total. The number of sulfonamides is 1. The Balaban J connectivity index is 1.54. The first kappa shape index (κ1) is 27.0. The molecule has 0 unspecified atom stereocenters. The van der Waals surface area contributed by atoms with Gasteiger partial charge in [-0.3, -0.25) is 4.79 Å². The zero-order chi connectivity index (χ0) is 26.9. The summed E-state index contributed by atoms with van der Waals surface area (Å²) in [6, 6.07) is 11.0. The fraction of sp³-hybridized carbons (Fsp3) is 0.483. The summed E-state index contributed by atoms with van der Waals surface area (Å²) in [5.74, 6) is -0.206. The highest BCUT2D eigenvalue weighted by Crippen LogP contribution is 2.41. The number of nitrogens with one attached hydrogen (secondary N) is 1. The Hall–Kier alpha value is -2.55. The lowest BCUT2D eigenvalue weighted by molar-refractivity contribution is 0.0460. The summed E-state index contributed by atoms with van der Waals surface area (Å²) in [5, 5.41) is 11.6. The lowest BCUT2D eigenvalue weighted by Gasteiger charge is -2.42. The third-order valence-electron chi connectivity index (χ3n) is 7.97. The van der Waals surface area contributed by atoms with Crippen molar-refractivity contribution in [1.82, 2.24) is 4.72 Å². The quantitative estimate of drug-likeness (QED) is 0.455. The average Bonchev–Trinajstić information content (AvgIpc) is 2.87. The molecule has 1 amide bonds. The van der Waals surface area contributed by atoms with E-state index in [0.717, 1.165) is 56.4 Å². The van der Waals surface area contributed by atoms with Crippen LogP contribution in [0.3, 0.4) is 0 Å². The van der Waals surface area contributed by atoms with Gasteiger partial charge in [0.1, 0.15) is 12.4 Å². The Labute approximate surface area is 229 Å². The van der Waals surface area contributed by atoms with Gasteiger partial charge in [-0.15, -0.1) is 0 Å². The van der Waals surface area contributed by atoms with Gasteiger partial charge in [0.05, 0.1) is 17.5 Å². The number of aliphatic hydroxyl groups excluding tert-OH is 1. The van der Waals surface area contributed by atoms with Crippen LogP contribution in [0.2, 0.25) is 5.02 Å². The van der Waals surface area contributed by atoms with Gasteiger partial charge in [0.25, 0.3) is 5.91 Å². The Morgan fingerprint density at radius 2 is 1.92 bits per heavy atom. The SMILES string of the molecule is C[C@H]1/C=C/[C@H](O)[C@@H]2CC[C@H]2CN2CCCCc3cc(Cl)ccc3COc3ccc(cc32)C(=O)NS(=O)(=O)C1. The Morgan fingerprint density at radius 1 is 1.08 bits per heavy atom. The second-order valence-corrected chi connectivity index (χ2v) is 13.1. The van der Waals surface area contributed by atoms with Gasteiger partial charge in [0.2, 0.25) is 10.0 Å². The van der Waals surface area contributed by atoms with Gasteiger partial charge in [-0.1, -0.05) is 36.7 Å². The van der Waals surface area contributed by atoms with Gasteiger partial charge in [0, 0.05) is 23.7 Å². The molecule has 0 radical (unpaired) electrons. The molecule has 0 saturated heterocycles. The molecule has 2 aromatic rings. The molecule has 1 saturated carbocycles. The Kier molecular flexibility index (Phi) is 8.03. The molecule has 9 heteroatoms. The second-order valence-electron chi connectivity index (χ2n) is 10.9. The van der Waals surface area contributed by atoms with E-state index < -0.39 is 22.0 Å². The summed E-state index contributed by atoms with van der Waals surface area (Å²) in [6.07, 6.45) is 7.55. The molecular formula is C29H35ClN2O5S. The molecule has 0 spiro atoms. The number of anilines is 1. The number of amides is 1. The van der Waals surface area contributed by atoms with Crippen LogP contribution in [0.15, 0.2) is 48.6 Å². The van der Waals surface area contributed by atoms with Crippen molar-refractivity contribution < 1.29 is 23.1 Å². The van der Waals surface area contributed by atoms with Crippen LogP contribution in [0.5, 0.6) is 5.75 Å². The van der Waals surface area contributed by atoms with Crippen molar-refractivity contribution >= 4 is 33.2 Å². The summed E-state index contributed by atoms with van der Waals surface area (Å²) in [5.41, 5.74) is 3.28. The van der Waals surface area contributed by atoms with E-state index in [9.17, 15) is 18.3 Å². The molecule has 1 fully saturated rings. The largest absolute Gasteiger partial charge is 0.487 e. The summed E-state index contributed by atoms with van der Waals surface area (Å²) in [7, 11) is -3.87. The predicted octanol–water partition coefficient (Wildman–Crippen LogP) is 4.71. The van der Waals surface area contributed by atoms with Gasteiger partial charge < -0.3 is 14.7 Å². The van der Waals surface area contributed by atoms with E-state index in [1.54, 1.807) is 37.3 Å². The van der Waals surface area contributed by atoms with E-state index in [-0.39, 0.29) is 29.1 Å². The van der Waals surface area contributed by atoms with Crippen molar-refractivity contribution in [1.29, 1.82) is 0 Å². The molecule has 204 valence electrons. The first-order valence-corrected chi connectivity index (χ1v) is 15.4. The van der Waals surface area contributed by atoms with E-state index in [4.69, 9.17) is 16.3 Å². The smallest absolute Gasteiger partial charge is 0.264 e. The molecule has 2 N–H and O–H groups in total. The van der Waals surface area contributed by atoms with Crippen LogP contribution in [-0.4, -0.2) is 44.4 Å². The molecule has 0 aromatic heterocycles. The Bertz CT molecular complexity index is 1330. The first-order chi connectivity index (χ1) is 18.2. The van der Waals surface area contributed by atoms with Crippen molar-refractivity contribution in [2.24, 2.45) is 17.8 Å². The number of ether oxygens (including phenoxy) is 1. The van der Waals surface area contributed by atoms with Crippen molar-refractivity contribution in [3.63, 3.8) is 0 Å². The normalized spacial score (nSPS) is 28.5. The van der Waals surface area contributed by atoms with E-state index in [2.05, 4.69) is 9.62 Å². The van der Waals surface area contributed by atoms with E-state index in [1.165, 1.54) is 5.56 Å². The molecule has 2 aliphatic heterocycles. The first-order valence-electron chi connectivity index (χ1n) is 13.4. The van der Waals surface area contributed by atoms with Crippen LogP contribution >= 0.6 is 11.6 Å². The minimum Gasteiger partial charge on any atom is -0.487 e. The van der Waals surface area contributed by atoms with E-state index in [0.29, 0.717) is 17.4 Å². The van der Waals surface area contributed by atoms with Crippen LogP contribution in [0.1, 0.15) is 54.1 Å². The number of hydrogen-bond acceptors (Lipinski definition) is 6. The molecule has 3 aliphatic rings. The van der Waals surface area contributed by atoms with Crippen molar-refractivity contribution in [2.75, 3.05) is 23.7 Å². The molecular weight excluding hydrogens is 524 g/mol. The zero-order valence-corrected chi connectivity index (χ0v) is 23.2.